The Balaban J connectivity index is 2.25. The van der Waals surface area contributed by atoms with Crippen LogP contribution in [0.2, 0.25) is 0 Å². The van der Waals surface area contributed by atoms with Gasteiger partial charge in [-0.3, -0.25) is 0 Å². The summed E-state index contributed by atoms with van der Waals surface area (Å²) in [5.74, 6) is 0. The molecule has 0 saturated heterocycles. The van der Waals surface area contributed by atoms with Crippen LogP contribution >= 0.6 is 0 Å². The van der Waals surface area contributed by atoms with E-state index in [9.17, 15) is 5.11 Å². The smallest absolute Gasteiger partial charge is 0.0693 e. The predicted octanol–water partition coefficient (Wildman–Crippen LogP) is 1.93. The molecular formula is C11H23NO. The zero-order valence-corrected chi connectivity index (χ0v) is 9.14. The predicted molar refractivity (Wildman–Crippen MR) is 55.7 cm³/mol. The molecule has 78 valence electrons. The molecule has 2 heteroatoms. The fourth-order valence-corrected chi connectivity index (χ4v) is 1.71. The molecule has 0 heterocycles. The van der Waals surface area contributed by atoms with E-state index in [4.69, 9.17) is 0 Å². The van der Waals surface area contributed by atoms with Gasteiger partial charge in [0.1, 0.15) is 0 Å². The monoisotopic (exact) mass is 185 g/mol. The van der Waals surface area contributed by atoms with Crippen LogP contribution in [0.3, 0.4) is 0 Å². The van der Waals surface area contributed by atoms with Crippen LogP contribution in [0.25, 0.3) is 0 Å². The Morgan fingerprint density at radius 2 is 2.08 bits per heavy atom. The summed E-state index contributed by atoms with van der Waals surface area (Å²) in [4.78, 5) is 0. The summed E-state index contributed by atoms with van der Waals surface area (Å²) in [7, 11) is 0. The summed E-state index contributed by atoms with van der Waals surface area (Å²) >= 11 is 0. The van der Waals surface area contributed by atoms with Gasteiger partial charge < -0.3 is 10.4 Å². The molecular weight excluding hydrogens is 162 g/mol. The van der Waals surface area contributed by atoms with Crippen LogP contribution in [-0.2, 0) is 0 Å². The first kappa shape index (κ1) is 11.0. The van der Waals surface area contributed by atoms with Crippen LogP contribution < -0.4 is 5.32 Å². The van der Waals surface area contributed by atoms with E-state index in [0.717, 1.165) is 19.4 Å². The average Bonchev–Trinajstić information content (AvgIpc) is 2.48. The van der Waals surface area contributed by atoms with Crippen LogP contribution in [-0.4, -0.2) is 23.8 Å². The molecule has 0 spiro atoms. The SMILES string of the molecule is CCC(C)(C)CN[C@@H]1CCC[C@H]1O. The summed E-state index contributed by atoms with van der Waals surface area (Å²) in [6.07, 6.45) is 4.37. The van der Waals surface area contributed by atoms with Gasteiger partial charge in [-0.05, 0) is 31.1 Å². The molecule has 1 fully saturated rings. The van der Waals surface area contributed by atoms with Gasteiger partial charge in [0.05, 0.1) is 6.10 Å². The lowest BCUT2D eigenvalue weighted by atomic mass is 9.90. The number of hydrogen-bond acceptors (Lipinski definition) is 2. The van der Waals surface area contributed by atoms with Gasteiger partial charge in [-0.2, -0.15) is 0 Å². The van der Waals surface area contributed by atoms with Crippen molar-refractivity contribution in [3.63, 3.8) is 0 Å². The number of aliphatic hydroxyl groups is 1. The Bertz CT molecular complexity index is 156. The topological polar surface area (TPSA) is 32.3 Å². The molecule has 2 nitrogen and oxygen atoms in total. The highest BCUT2D eigenvalue weighted by molar-refractivity contribution is 4.84. The Hall–Kier alpha value is -0.0800. The van der Waals surface area contributed by atoms with Crippen molar-refractivity contribution >= 4 is 0 Å². The lowest BCUT2D eigenvalue weighted by molar-refractivity contribution is 0.141. The highest BCUT2D eigenvalue weighted by atomic mass is 16.3. The molecule has 1 rings (SSSR count). The second-order valence-electron chi connectivity index (χ2n) is 5.00. The van der Waals surface area contributed by atoms with Crippen molar-refractivity contribution in [2.45, 2.75) is 58.6 Å². The molecule has 0 aliphatic heterocycles. The van der Waals surface area contributed by atoms with Gasteiger partial charge in [0.15, 0.2) is 0 Å². The minimum atomic E-state index is -0.104. The van der Waals surface area contributed by atoms with Crippen molar-refractivity contribution < 1.29 is 5.11 Å². The fraction of sp³-hybridized carbons (Fsp3) is 1.00. The van der Waals surface area contributed by atoms with E-state index >= 15 is 0 Å². The zero-order valence-electron chi connectivity index (χ0n) is 9.14. The molecule has 0 aromatic heterocycles. The molecule has 0 aromatic carbocycles. The van der Waals surface area contributed by atoms with E-state index in [1.807, 2.05) is 0 Å². The molecule has 0 radical (unpaired) electrons. The standard InChI is InChI=1S/C11H23NO/c1-4-11(2,3)8-12-9-6-5-7-10(9)13/h9-10,12-13H,4-8H2,1-3H3/t9-,10-/m1/s1. The van der Waals surface area contributed by atoms with Crippen molar-refractivity contribution in [3.8, 4) is 0 Å². The van der Waals surface area contributed by atoms with Gasteiger partial charge in [-0.1, -0.05) is 20.8 Å². The first-order valence-corrected chi connectivity index (χ1v) is 5.46. The Labute approximate surface area is 81.7 Å². The number of aliphatic hydroxyl groups excluding tert-OH is 1. The number of nitrogens with one attached hydrogen (secondary N) is 1. The molecule has 2 N–H and O–H groups in total. The molecule has 0 unspecified atom stereocenters. The first-order chi connectivity index (χ1) is 6.05. The van der Waals surface area contributed by atoms with Crippen LogP contribution in [0.15, 0.2) is 0 Å². The van der Waals surface area contributed by atoms with Crippen molar-refractivity contribution in [2.24, 2.45) is 5.41 Å². The summed E-state index contributed by atoms with van der Waals surface area (Å²) in [5.41, 5.74) is 0.363. The molecule has 13 heavy (non-hydrogen) atoms. The summed E-state index contributed by atoms with van der Waals surface area (Å²) in [6, 6.07) is 0.353. The second kappa shape index (κ2) is 4.43. The van der Waals surface area contributed by atoms with Gasteiger partial charge in [-0.15, -0.1) is 0 Å². The largest absolute Gasteiger partial charge is 0.392 e. The lowest BCUT2D eigenvalue weighted by Gasteiger charge is -2.26. The van der Waals surface area contributed by atoms with Gasteiger partial charge in [-0.25, -0.2) is 0 Å². The summed E-state index contributed by atoms with van der Waals surface area (Å²) < 4.78 is 0. The molecule has 1 aliphatic carbocycles. The third kappa shape index (κ3) is 3.28. The normalized spacial score (nSPS) is 29.5. The fourth-order valence-electron chi connectivity index (χ4n) is 1.71. The van der Waals surface area contributed by atoms with E-state index in [0.29, 0.717) is 11.5 Å². The highest BCUT2D eigenvalue weighted by Gasteiger charge is 2.26. The van der Waals surface area contributed by atoms with Crippen LogP contribution in [0.5, 0.6) is 0 Å². The molecule has 2 atom stereocenters. The molecule has 1 aliphatic rings. The zero-order chi connectivity index (χ0) is 9.90. The van der Waals surface area contributed by atoms with Gasteiger partial charge in [0.25, 0.3) is 0 Å². The minimum Gasteiger partial charge on any atom is -0.392 e. The molecule has 0 bridgehead atoms. The third-order valence-electron chi connectivity index (χ3n) is 3.28. The second-order valence-corrected chi connectivity index (χ2v) is 5.00. The maximum atomic E-state index is 9.60. The van der Waals surface area contributed by atoms with Crippen molar-refractivity contribution in [1.82, 2.24) is 5.32 Å². The third-order valence-corrected chi connectivity index (χ3v) is 3.28. The maximum absolute atomic E-state index is 9.60. The average molecular weight is 185 g/mol. The van der Waals surface area contributed by atoms with Gasteiger partial charge in [0, 0.05) is 12.6 Å². The lowest BCUT2D eigenvalue weighted by Crippen LogP contribution is -2.40. The van der Waals surface area contributed by atoms with E-state index < -0.39 is 0 Å². The van der Waals surface area contributed by atoms with Crippen LogP contribution in [0.4, 0.5) is 0 Å². The quantitative estimate of drug-likeness (QED) is 0.701. The van der Waals surface area contributed by atoms with E-state index in [1.54, 1.807) is 0 Å². The Morgan fingerprint density at radius 1 is 1.38 bits per heavy atom. The minimum absolute atomic E-state index is 0.104. The Kier molecular flexibility index (Phi) is 3.74. The van der Waals surface area contributed by atoms with E-state index in [2.05, 4.69) is 26.1 Å². The molecule has 0 aromatic rings. The highest BCUT2D eigenvalue weighted by Crippen LogP contribution is 2.22. The van der Waals surface area contributed by atoms with E-state index in [1.165, 1.54) is 12.8 Å². The van der Waals surface area contributed by atoms with Crippen LogP contribution in [0.1, 0.15) is 46.5 Å². The van der Waals surface area contributed by atoms with Crippen LogP contribution in [0, 0.1) is 5.41 Å². The Morgan fingerprint density at radius 3 is 2.54 bits per heavy atom. The molecule has 1 saturated carbocycles. The summed E-state index contributed by atoms with van der Waals surface area (Å²) in [5, 5.41) is 13.1. The summed E-state index contributed by atoms with van der Waals surface area (Å²) in [6.45, 7) is 7.76. The first-order valence-electron chi connectivity index (χ1n) is 5.46. The number of hydrogen-bond donors (Lipinski definition) is 2. The maximum Gasteiger partial charge on any atom is 0.0693 e. The van der Waals surface area contributed by atoms with Gasteiger partial charge >= 0.3 is 0 Å². The van der Waals surface area contributed by atoms with E-state index in [-0.39, 0.29) is 6.10 Å². The van der Waals surface area contributed by atoms with Crippen molar-refractivity contribution in [3.05, 3.63) is 0 Å². The van der Waals surface area contributed by atoms with Crippen molar-refractivity contribution in [2.75, 3.05) is 6.54 Å². The number of rotatable bonds is 4. The van der Waals surface area contributed by atoms with Crippen molar-refractivity contribution in [1.29, 1.82) is 0 Å². The molecule has 0 amide bonds. The van der Waals surface area contributed by atoms with Gasteiger partial charge in [0.2, 0.25) is 0 Å².